The van der Waals surface area contributed by atoms with Crippen LogP contribution in [0.2, 0.25) is 0 Å². The second kappa shape index (κ2) is 19.9. The van der Waals surface area contributed by atoms with E-state index in [1.54, 1.807) is 24.0 Å². The third-order valence-corrected chi connectivity index (χ3v) is 8.09. The van der Waals surface area contributed by atoms with Crippen molar-refractivity contribution in [2.24, 2.45) is 17.6 Å². The summed E-state index contributed by atoms with van der Waals surface area (Å²) in [5, 5.41) is 27.5. The number of phenolic OH excluding ortho intramolecular Hbond substituents is 1. The lowest BCUT2D eigenvalue weighted by atomic mass is 9.96. The fourth-order valence-electron chi connectivity index (χ4n) is 5.33. The van der Waals surface area contributed by atoms with Crippen molar-refractivity contribution in [2.45, 2.75) is 110 Å². The number of hydrogen-bond donors (Lipinski definition) is 6. The lowest BCUT2D eigenvalue weighted by Crippen LogP contribution is -2.59. The molecule has 5 atom stereocenters. The van der Waals surface area contributed by atoms with E-state index in [9.17, 15) is 34.2 Å². The molecule has 1 aromatic rings. The van der Waals surface area contributed by atoms with E-state index in [0.717, 1.165) is 12.8 Å². The summed E-state index contributed by atoms with van der Waals surface area (Å²) in [6, 6.07) is 2.26. The van der Waals surface area contributed by atoms with E-state index in [-0.39, 0.29) is 48.7 Å². The van der Waals surface area contributed by atoms with Gasteiger partial charge in [-0.15, -0.1) is 12.4 Å². The molecule has 45 heavy (non-hydrogen) atoms. The first-order valence-electron chi connectivity index (χ1n) is 15.8. The molecule has 1 fully saturated rings. The second-order valence-corrected chi connectivity index (χ2v) is 12.2. The van der Waals surface area contributed by atoms with E-state index in [0.29, 0.717) is 50.8 Å². The molecule has 0 aromatic heterocycles. The summed E-state index contributed by atoms with van der Waals surface area (Å²) in [5.41, 5.74) is 6.21. The van der Waals surface area contributed by atoms with Crippen LogP contribution in [0.1, 0.15) is 84.6 Å². The number of rotatable bonds is 18. The van der Waals surface area contributed by atoms with Crippen LogP contribution in [-0.2, 0) is 30.4 Å². The molecule has 0 aliphatic carbocycles. The van der Waals surface area contributed by atoms with Gasteiger partial charge >= 0.3 is 5.97 Å². The highest BCUT2D eigenvalue weighted by atomic mass is 35.5. The maximum atomic E-state index is 13.8. The number of carbonyl (C=O) groups excluding carboxylic acids is 4. The Labute approximate surface area is 272 Å². The Balaban J connectivity index is 0.0000101. The van der Waals surface area contributed by atoms with Gasteiger partial charge < -0.3 is 36.8 Å². The number of nitrogens with one attached hydrogen (secondary N) is 3. The van der Waals surface area contributed by atoms with Gasteiger partial charge in [-0.1, -0.05) is 52.7 Å². The van der Waals surface area contributed by atoms with Gasteiger partial charge in [-0.25, -0.2) is 4.79 Å². The van der Waals surface area contributed by atoms with Gasteiger partial charge in [0.05, 0.1) is 0 Å². The van der Waals surface area contributed by atoms with Gasteiger partial charge in [-0.3, -0.25) is 19.2 Å². The number of nitrogens with zero attached hydrogens (tertiary/aromatic N) is 1. The van der Waals surface area contributed by atoms with Crippen molar-refractivity contribution in [2.75, 3.05) is 13.1 Å². The van der Waals surface area contributed by atoms with Crippen LogP contribution in [0, 0.1) is 11.8 Å². The number of likely N-dealkylation sites (tertiary alicyclic amines) is 1. The first-order valence-corrected chi connectivity index (χ1v) is 15.8. The number of aromatic hydroxyl groups is 1. The maximum absolute atomic E-state index is 13.8. The number of aliphatic carboxylic acids is 1. The fourth-order valence-corrected chi connectivity index (χ4v) is 5.33. The van der Waals surface area contributed by atoms with Crippen LogP contribution in [0.3, 0.4) is 0 Å². The van der Waals surface area contributed by atoms with Crippen molar-refractivity contribution in [3.8, 4) is 5.75 Å². The highest BCUT2D eigenvalue weighted by Gasteiger charge is 2.37. The molecule has 1 saturated heterocycles. The van der Waals surface area contributed by atoms with Crippen LogP contribution in [-0.4, -0.2) is 82.0 Å². The van der Waals surface area contributed by atoms with E-state index in [1.165, 1.54) is 12.1 Å². The highest BCUT2D eigenvalue weighted by Crippen LogP contribution is 2.21. The van der Waals surface area contributed by atoms with Crippen molar-refractivity contribution in [1.82, 2.24) is 20.9 Å². The van der Waals surface area contributed by atoms with Gasteiger partial charge in [-0.2, -0.15) is 0 Å². The molecular formula is C32H52ClN5O7. The Hall–Kier alpha value is -3.38. The third kappa shape index (κ3) is 12.9. The predicted octanol–water partition coefficient (Wildman–Crippen LogP) is 2.50. The molecule has 254 valence electrons. The van der Waals surface area contributed by atoms with Gasteiger partial charge in [0.1, 0.15) is 29.9 Å². The van der Waals surface area contributed by atoms with Crippen molar-refractivity contribution in [3.63, 3.8) is 0 Å². The lowest BCUT2D eigenvalue weighted by molar-refractivity contribution is -0.143. The van der Waals surface area contributed by atoms with Crippen LogP contribution in [0.4, 0.5) is 0 Å². The SMILES string of the molecule is CC[C@H](C)[C@H](NC(=O)[C@H](Cc1ccc(O)cc1)NC(=O)[C@@H]1CCCN1C(=O)CCCCCN)C(=O)N[C@@H](CC(C)C)C(=O)O.Cl. The third-order valence-electron chi connectivity index (χ3n) is 8.09. The number of carbonyl (C=O) groups is 5. The topological polar surface area (TPSA) is 191 Å². The summed E-state index contributed by atoms with van der Waals surface area (Å²) in [6.07, 6.45) is 4.62. The largest absolute Gasteiger partial charge is 0.508 e. The summed E-state index contributed by atoms with van der Waals surface area (Å²) in [7, 11) is 0. The first-order chi connectivity index (χ1) is 20.9. The number of amides is 4. The lowest BCUT2D eigenvalue weighted by Gasteiger charge is -2.29. The molecule has 0 unspecified atom stereocenters. The number of hydrogen-bond acceptors (Lipinski definition) is 7. The smallest absolute Gasteiger partial charge is 0.326 e. The summed E-state index contributed by atoms with van der Waals surface area (Å²) in [6.45, 7) is 8.37. The van der Waals surface area contributed by atoms with Gasteiger partial charge in [0.25, 0.3) is 0 Å². The molecule has 1 aliphatic heterocycles. The number of carboxylic acids is 1. The Kier molecular flexibility index (Phi) is 17.5. The van der Waals surface area contributed by atoms with Crippen molar-refractivity contribution in [3.05, 3.63) is 29.8 Å². The Morgan fingerprint density at radius 1 is 0.956 bits per heavy atom. The molecule has 13 heteroatoms. The number of carboxylic acid groups (broad SMARTS) is 1. The zero-order valence-corrected chi connectivity index (χ0v) is 27.7. The Bertz CT molecular complexity index is 1120. The molecule has 0 saturated carbocycles. The highest BCUT2D eigenvalue weighted by molar-refractivity contribution is 5.95. The monoisotopic (exact) mass is 653 g/mol. The normalized spacial score (nSPS) is 17.0. The van der Waals surface area contributed by atoms with Gasteiger partial charge in [-0.05, 0) is 68.2 Å². The average Bonchev–Trinajstić information content (AvgIpc) is 3.48. The molecule has 0 spiro atoms. The van der Waals surface area contributed by atoms with E-state index < -0.39 is 47.9 Å². The average molecular weight is 654 g/mol. The zero-order valence-electron chi connectivity index (χ0n) is 26.9. The molecular weight excluding hydrogens is 602 g/mol. The molecule has 12 nitrogen and oxygen atoms in total. The summed E-state index contributed by atoms with van der Waals surface area (Å²) < 4.78 is 0. The summed E-state index contributed by atoms with van der Waals surface area (Å²) >= 11 is 0. The van der Waals surface area contributed by atoms with Crippen molar-refractivity contribution >= 4 is 42.0 Å². The number of benzene rings is 1. The number of unbranched alkanes of at least 4 members (excludes halogenated alkanes) is 2. The Morgan fingerprint density at radius 3 is 2.20 bits per heavy atom. The Morgan fingerprint density at radius 2 is 1.62 bits per heavy atom. The quantitative estimate of drug-likeness (QED) is 0.130. The predicted molar refractivity (Wildman–Crippen MR) is 174 cm³/mol. The zero-order chi connectivity index (χ0) is 32.8. The summed E-state index contributed by atoms with van der Waals surface area (Å²) in [4.78, 5) is 66.9. The van der Waals surface area contributed by atoms with E-state index in [1.807, 2.05) is 20.8 Å². The van der Waals surface area contributed by atoms with Crippen molar-refractivity contribution < 1.29 is 34.2 Å². The van der Waals surface area contributed by atoms with Crippen molar-refractivity contribution in [1.29, 1.82) is 0 Å². The minimum absolute atomic E-state index is 0. The number of nitrogens with two attached hydrogens (primary N) is 1. The molecule has 0 radical (unpaired) electrons. The molecule has 7 N–H and O–H groups in total. The molecule has 0 bridgehead atoms. The van der Waals surface area contributed by atoms with E-state index in [2.05, 4.69) is 16.0 Å². The fraction of sp³-hybridized carbons (Fsp3) is 0.656. The van der Waals surface area contributed by atoms with Crippen LogP contribution in [0.25, 0.3) is 0 Å². The minimum atomic E-state index is -1.16. The molecule has 4 amide bonds. The number of halogens is 1. The van der Waals surface area contributed by atoms with Crippen LogP contribution >= 0.6 is 12.4 Å². The molecule has 2 rings (SSSR count). The molecule has 1 heterocycles. The molecule has 1 aliphatic rings. The minimum Gasteiger partial charge on any atom is -0.508 e. The van der Waals surface area contributed by atoms with Gasteiger partial charge in [0, 0.05) is 19.4 Å². The molecule has 1 aromatic carbocycles. The van der Waals surface area contributed by atoms with Crippen LogP contribution in [0.15, 0.2) is 24.3 Å². The van der Waals surface area contributed by atoms with Gasteiger partial charge in [0.2, 0.25) is 23.6 Å². The first kappa shape index (κ1) is 39.6. The second-order valence-electron chi connectivity index (χ2n) is 12.2. The van der Waals surface area contributed by atoms with Crippen LogP contribution < -0.4 is 21.7 Å². The summed E-state index contributed by atoms with van der Waals surface area (Å²) in [5.74, 6) is -3.21. The van der Waals surface area contributed by atoms with Crippen LogP contribution in [0.5, 0.6) is 5.75 Å². The van der Waals surface area contributed by atoms with E-state index >= 15 is 0 Å². The van der Waals surface area contributed by atoms with E-state index in [4.69, 9.17) is 5.73 Å². The maximum Gasteiger partial charge on any atom is 0.326 e. The number of phenols is 1. The van der Waals surface area contributed by atoms with Gasteiger partial charge in [0.15, 0.2) is 0 Å². The standard InChI is InChI=1S/C32H51N5O7.ClH/c1-5-21(4)28(31(42)35-25(32(43)44)18-20(2)3)36-29(40)24(19-22-12-14-23(38)15-13-22)34-30(41)26-10-9-17-37(26)27(39)11-7-6-8-16-33;/h12-15,20-21,24-26,28,38H,5-11,16-19,33H2,1-4H3,(H,34,41)(H,35,42)(H,36,40)(H,43,44);1H/t21-,24-,25-,26-,28-;/m0./s1.